The molecule has 4 heteroatoms. The van der Waals surface area contributed by atoms with Crippen LogP contribution in [-0.2, 0) is 4.79 Å². The molecule has 3 rings (SSSR count). The quantitative estimate of drug-likeness (QED) is 0.580. The number of hydrogen-bond donors (Lipinski definition) is 0. The van der Waals surface area contributed by atoms with E-state index in [1.165, 1.54) is 0 Å². The Morgan fingerprint density at radius 1 is 1.28 bits per heavy atom. The van der Waals surface area contributed by atoms with Crippen molar-refractivity contribution in [2.45, 2.75) is 18.9 Å². The number of fused-ring (bicyclic) bond motifs is 1. The first kappa shape index (κ1) is 11.1. The fourth-order valence-electron chi connectivity index (χ4n) is 2.49. The molecule has 1 unspecified atom stereocenters. The average molecular weight is 242 g/mol. The second-order valence-corrected chi connectivity index (χ2v) is 4.67. The summed E-state index contributed by atoms with van der Waals surface area (Å²) in [6.45, 7) is 1.22. The number of hydrogen-bond acceptors (Lipinski definition) is 4. The molecule has 1 atom stereocenters. The molecule has 0 saturated carbocycles. The summed E-state index contributed by atoms with van der Waals surface area (Å²) in [5, 5.41) is 0. The fourth-order valence-corrected chi connectivity index (χ4v) is 2.49. The minimum absolute atomic E-state index is 0.0884. The van der Waals surface area contributed by atoms with Crippen LogP contribution in [0.15, 0.2) is 35.3 Å². The van der Waals surface area contributed by atoms with Crippen LogP contribution in [0.1, 0.15) is 23.2 Å². The highest BCUT2D eigenvalue weighted by atomic mass is 16.2. The Bertz CT molecular complexity index is 522. The second kappa shape index (κ2) is 4.37. The number of amidine groups is 1. The molecule has 18 heavy (non-hydrogen) atoms. The van der Waals surface area contributed by atoms with Crippen molar-refractivity contribution in [3.8, 4) is 0 Å². The summed E-state index contributed by atoms with van der Waals surface area (Å²) in [7, 11) is 0. The molecular formula is C14H14N2O2. The maximum Gasteiger partial charge on any atom is 0.195 e. The van der Waals surface area contributed by atoms with Crippen LogP contribution in [0.4, 0.5) is 0 Å². The lowest BCUT2D eigenvalue weighted by atomic mass is 10.00. The first-order valence-electron chi connectivity index (χ1n) is 6.19. The predicted molar refractivity (Wildman–Crippen MR) is 67.8 cm³/mol. The molecule has 0 bridgehead atoms. The van der Waals surface area contributed by atoms with Gasteiger partial charge in [-0.3, -0.25) is 14.6 Å². The van der Waals surface area contributed by atoms with Gasteiger partial charge in [0.1, 0.15) is 5.84 Å². The molecule has 0 aromatic heterocycles. The zero-order valence-corrected chi connectivity index (χ0v) is 10.0. The van der Waals surface area contributed by atoms with Gasteiger partial charge < -0.3 is 4.90 Å². The molecule has 2 aliphatic heterocycles. The van der Waals surface area contributed by atoms with E-state index in [2.05, 4.69) is 4.99 Å². The number of carbonyl (C=O) groups excluding carboxylic acids is 2. The van der Waals surface area contributed by atoms with Crippen molar-refractivity contribution in [2.24, 2.45) is 4.99 Å². The van der Waals surface area contributed by atoms with E-state index >= 15 is 0 Å². The largest absolute Gasteiger partial charge is 0.353 e. The molecule has 1 saturated heterocycles. The first-order chi connectivity index (χ1) is 8.75. The summed E-state index contributed by atoms with van der Waals surface area (Å²) in [4.78, 5) is 30.6. The molecule has 92 valence electrons. The van der Waals surface area contributed by atoms with E-state index in [0.29, 0.717) is 12.1 Å². The standard InChI is InChI=1S/C14H14N2O2/c17-11-9-16-8-4-7-12(16)15-13(11)14(18)10-5-2-1-3-6-10/h1-3,5-6,13H,4,7-9H2. The fraction of sp³-hybridized carbons (Fsp3) is 0.357. The van der Waals surface area contributed by atoms with Gasteiger partial charge in [0.05, 0.1) is 6.54 Å². The maximum atomic E-state index is 12.3. The number of benzene rings is 1. The third-order valence-corrected chi connectivity index (χ3v) is 3.43. The highest BCUT2D eigenvalue weighted by Gasteiger charge is 2.35. The van der Waals surface area contributed by atoms with Crippen LogP contribution in [0.5, 0.6) is 0 Å². The molecule has 4 nitrogen and oxygen atoms in total. The van der Waals surface area contributed by atoms with Crippen molar-refractivity contribution in [1.82, 2.24) is 4.90 Å². The smallest absolute Gasteiger partial charge is 0.195 e. The molecule has 2 heterocycles. The lowest BCUT2D eigenvalue weighted by Crippen LogP contribution is -2.44. The minimum atomic E-state index is -0.822. The minimum Gasteiger partial charge on any atom is -0.353 e. The van der Waals surface area contributed by atoms with E-state index in [9.17, 15) is 9.59 Å². The first-order valence-corrected chi connectivity index (χ1v) is 6.19. The molecule has 2 aliphatic rings. The van der Waals surface area contributed by atoms with Crippen molar-refractivity contribution >= 4 is 17.4 Å². The molecule has 0 aliphatic carbocycles. The molecular weight excluding hydrogens is 228 g/mol. The lowest BCUT2D eigenvalue weighted by Gasteiger charge is -2.26. The summed E-state index contributed by atoms with van der Waals surface area (Å²) in [5.41, 5.74) is 0.562. The van der Waals surface area contributed by atoms with Crippen molar-refractivity contribution in [3.05, 3.63) is 35.9 Å². The van der Waals surface area contributed by atoms with E-state index in [4.69, 9.17) is 0 Å². The van der Waals surface area contributed by atoms with Gasteiger partial charge in [-0.1, -0.05) is 30.3 Å². The van der Waals surface area contributed by atoms with E-state index in [1.54, 1.807) is 24.3 Å². The van der Waals surface area contributed by atoms with E-state index in [0.717, 1.165) is 25.2 Å². The monoisotopic (exact) mass is 242 g/mol. The summed E-state index contributed by atoms with van der Waals surface area (Å²) in [6, 6.07) is 8.10. The zero-order chi connectivity index (χ0) is 12.5. The van der Waals surface area contributed by atoms with Crippen LogP contribution in [0.2, 0.25) is 0 Å². The molecule has 0 spiro atoms. The second-order valence-electron chi connectivity index (χ2n) is 4.67. The summed E-state index contributed by atoms with van der Waals surface area (Å²) in [6.07, 6.45) is 1.91. The van der Waals surface area contributed by atoms with Crippen molar-refractivity contribution < 1.29 is 9.59 Å². The van der Waals surface area contributed by atoms with Gasteiger partial charge >= 0.3 is 0 Å². The summed E-state index contributed by atoms with van der Waals surface area (Å²) >= 11 is 0. The van der Waals surface area contributed by atoms with E-state index < -0.39 is 6.04 Å². The molecule has 0 amide bonds. The van der Waals surface area contributed by atoms with Crippen molar-refractivity contribution in [1.29, 1.82) is 0 Å². The summed E-state index contributed by atoms with van der Waals surface area (Å²) < 4.78 is 0. The SMILES string of the molecule is O=C1CN2CCCC2=NC1C(=O)c1ccccc1. The Labute approximate surface area is 105 Å². The van der Waals surface area contributed by atoms with Gasteiger partial charge in [0.2, 0.25) is 0 Å². The van der Waals surface area contributed by atoms with Gasteiger partial charge in [-0.2, -0.15) is 0 Å². The van der Waals surface area contributed by atoms with Crippen LogP contribution in [0.25, 0.3) is 0 Å². The number of aliphatic imine (C=N–C) groups is 1. The van der Waals surface area contributed by atoms with Crippen LogP contribution in [-0.4, -0.2) is 41.4 Å². The predicted octanol–water partition coefficient (Wildman–Crippen LogP) is 1.31. The topological polar surface area (TPSA) is 49.7 Å². The van der Waals surface area contributed by atoms with E-state index in [-0.39, 0.29) is 11.6 Å². The van der Waals surface area contributed by atoms with Gasteiger partial charge in [-0.15, -0.1) is 0 Å². The van der Waals surface area contributed by atoms with Crippen LogP contribution >= 0.6 is 0 Å². The van der Waals surface area contributed by atoms with Crippen molar-refractivity contribution in [3.63, 3.8) is 0 Å². The molecule has 0 N–H and O–H groups in total. The van der Waals surface area contributed by atoms with Crippen LogP contribution < -0.4 is 0 Å². The van der Waals surface area contributed by atoms with Gasteiger partial charge in [-0.25, -0.2) is 0 Å². The van der Waals surface area contributed by atoms with Crippen LogP contribution in [0, 0.1) is 0 Å². The Morgan fingerprint density at radius 2 is 2.06 bits per heavy atom. The number of ketones is 2. The zero-order valence-electron chi connectivity index (χ0n) is 10.0. The van der Waals surface area contributed by atoms with Crippen molar-refractivity contribution in [2.75, 3.05) is 13.1 Å². The highest BCUT2D eigenvalue weighted by Crippen LogP contribution is 2.19. The Kier molecular flexibility index (Phi) is 2.70. The maximum absolute atomic E-state index is 12.3. The molecule has 1 aromatic rings. The third-order valence-electron chi connectivity index (χ3n) is 3.43. The molecule has 0 radical (unpaired) electrons. The summed E-state index contributed by atoms with van der Waals surface area (Å²) in [5.74, 6) is 0.651. The molecule has 1 aromatic carbocycles. The van der Waals surface area contributed by atoms with Gasteiger partial charge in [0.15, 0.2) is 17.6 Å². The average Bonchev–Trinajstić information content (AvgIpc) is 2.85. The van der Waals surface area contributed by atoms with Gasteiger partial charge in [0, 0.05) is 18.5 Å². The number of nitrogens with zero attached hydrogens (tertiary/aromatic N) is 2. The Morgan fingerprint density at radius 3 is 2.83 bits per heavy atom. The highest BCUT2D eigenvalue weighted by molar-refractivity contribution is 6.17. The lowest BCUT2D eigenvalue weighted by molar-refractivity contribution is -0.120. The number of Topliss-reactive ketones (excluding diaryl/α,β-unsaturated/α-hetero) is 2. The number of carbonyl (C=O) groups is 2. The normalized spacial score (nSPS) is 22.7. The van der Waals surface area contributed by atoms with E-state index in [1.807, 2.05) is 11.0 Å². The number of rotatable bonds is 2. The van der Waals surface area contributed by atoms with Crippen LogP contribution in [0.3, 0.4) is 0 Å². The Hall–Kier alpha value is -1.97. The Balaban J connectivity index is 1.90. The molecule has 1 fully saturated rings. The van der Waals surface area contributed by atoms with Gasteiger partial charge in [0.25, 0.3) is 0 Å². The van der Waals surface area contributed by atoms with Gasteiger partial charge in [-0.05, 0) is 6.42 Å². The third kappa shape index (κ3) is 1.83.